The standard InChI is InChI=1S/C16H21N5O3.2ClH/c1-8-6-10(14(22)19-11(7-17)9-4-5-9)18-13-12(8)15(23)21(3)16(24)20(13)2;;/h6,9,11H,4-5,7,17H2,1-3H3,(H,19,22);2*1H. The third-order valence-electron chi connectivity index (χ3n) is 4.60. The number of amides is 1. The number of aryl methyl sites for hydroxylation is 2. The lowest BCUT2D eigenvalue weighted by molar-refractivity contribution is 0.0928. The maximum atomic E-state index is 12.5. The average Bonchev–Trinajstić information content (AvgIpc) is 3.39. The maximum Gasteiger partial charge on any atom is 0.332 e. The number of rotatable bonds is 4. The maximum absolute atomic E-state index is 12.5. The molecule has 0 aliphatic heterocycles. The van der Waals surface area contributed by atoms with Gasteiger partial charge in [0.25, 0.3) is 11.5 Å². The molecule has 26 heavy (non-hydrogen) atoms. The highest BCUT2D eigenvalue weighted by atomic mass is 35.5. The van der Waals surface area contributed by atoms with Crippen LogP contribution in [0.15, 0.2) is 15.7 Å². The Morgan fingerprint density at radius 1 is 1.31 bits per heavy atom. The summed E-state index contributed by atoms with van der Waals surface area (Å²) in [6, 6.07) is 1.51. The molecular weight excluding hydrogens is 381 g/mol. The van der Waals surface area contributed by atoms with Crippen LogP contribution < -0.4 is 22.3 Å². The number of nitrogens with one attached hydrogen (secondary N) is 1. The van der Waals surface area contributed by atoms with E-state index < -0.39 is 11.2 Å². The Balaban J connectivity index is 0.00000169. The molecule has 0 spiro atoms. The SMILES string of the molecule is Cc1cc(C(=O)NC(CN)C2CC2)nc2c1c(=O)n(C)c(=O)n2C.Cl.Cl. The van der Waals surface area contributed by atoms with E-state index in [1.54, 1.807) is 13.0 Å². The second kappa shape index (κ2) is 8.20. The molecule has 0 saturated heterocycles. The minimum atomic E-state index is -0.477. The third-order valence-corrected chi connectivity index (χ3v) is 4.60. The molecule has 10 heteroatoms. The van der Waals surface area contributed by atoms with Crippen molar-refractivity contribution in [2.24, 2.45) is 25.7 Å². The van der Waals surface area contributed by atoms with Gasteiger partial charge < -0.3 is 11.1 Å². The number of pyridine rings is 1. The van der Waals surface area contributed by atoms with Crippen molar-refractivity contribution in [3.05, 3.63) is 38.2 Å². The van der Waals surface area contributed by atoms with Crippen molar-refractivity contribution in [1.82, 2.24) is 19.4 Å². The highest BCUT2D eigenvalue weighted by Crippen LogP contribution is 2.32. The zero-order valence-corrected chi connectivity index (χ0v) is 16.4. The molecule has 1 amide bonds. The first-order valence-corrected chi connectivity index (χ1v) is 7.93. The van der Waals surface area contributed by atoms with Crippen LogP contribution in [-0.4, -0.2) is 32.6 Å². The molecule has 1 atom stereocenters. The van der Waals surface area contributed by atoms with Crippen molar-refractivity contribution in [2.75, 3.05) is 6.54 Å². The van der Waals surface area contributed by atoms with Crippen molar-refractivity contribution in [1.29, 1.82) is 0 Å². The molecule has 1 saturated carbocycles. The lowest BCUT2D eigenvalue weighted by Crippen LogP contribution is -2.42. The van der Waals surface area contributed by atoms with Gasteiger partial charge in [-0.25, -0.2) is 9.78 Å². The highest BCUT2D eigenvalue weighted by Gasteiger charge is 2.31. The van der Waals surface area contributed by atoms with E-state index in [-0.39, 0.29) is 48.1 Å². The molecular formula is C16H23Cl2N5O3. The van der Waals surface area contributed by atoms with Gasteiger partial charge in [-0.05, 0) is 37.3 Å². The predicted molar refractivity (Wildman–Crippen MR) is 104 cm³/mol. The number of fused-ring (bicyclic) bond motifs is 1. The summed E-state index contributed by atoms with van der Waals surface area (Å²) in [4.78, 5) is 41.2. The minimum absolute atomic E-state index is 0. The van der Waals surface area contributed by atoms with E-state index in [4.69, 9.17) is 5.73 Å². The Labute approximate surface area is 162 Å². The smallest absolute Gasteiger partial charge is 0.332 e. The molecule has 1 fully saturated rings. The van der Waals surface area contributed by atoms with Gasteiger partial charge in [-0.15, -0.1) is 24.8 Å². The first-order chi connectivity index (χ1) is 11.3. The average molecular weight is 404 g/mol. The second-order valence-corrected chi connectivity index (χ2v) is 6.38. The fourth-order valence-corrected chi connectivity index (χ4v) is 2.96. The molecule has 8 nitrogen and oxygen atoms in total. The summed E-state index contributed by atoms with van der Waals surface area (Å²) in [5, 5.41) is 3.24. The summed E-state index contributed by atoms with van der Waals surface area (Å²) in [5.74, 6) is 0.0904. The monoisotopic (exact) mass is 403 g/mol. The molecule has 1 unspecified atom stereocenters. The number of nitrogens with zero attached hydrogens (tertiary/aromatic N) is 3. The fourth-order valence-electron chi connectivity index (χ4n) is 2.96. The Morgan fingerprint density at radius 3 is 2.46 bits per heavy atom. The van der Waals surface area contributed by atoms with Crippen molar-refractivity contribution in [3.8, 4) is 0 Å². The van der Waals surface area contributed by atoms with E-state index in [0.29, 0.717) is 23.4 Å². The second-order valence-electron chi connectivity index (χ2n) is 6.38. The number of nitrogens with two attached hydrogens (primary N) is 1. The van der Waals surface area contributed by atoms with E-state index in [2.05, 4.69) is 10.3 Å². The highest BCUT2D eigenvalue weighted by molar-refractivity contribution is 5.95. The Bertz CT molecular complexity index is 950. The van der Waals surface area contributed by atoms with Crippen LogP contribution in [-0.2, 0) is 14.1 Å². The molecule has 3 N–H and O–H groups in total. The molecule has 3 rings (SSSR count). The zero-order valence-electron chi connectivity index (χ0n) is 14.8. The van der Waals surface area contributed by atoms with Crippen molar-refractivity contribution < 1.29 is 4.79 Å². The number of halogens is 2. The van der Waals surface area contributed by atoms with Crippen LogP contribution >= 0.6 is 24.8 Å². The van der Waals surface area contributed by atoms with E-state index in [1.165, 1.54) is 18.7 Å². The lowest BCUT2D eigenvalue weighted by Gasteiger charge is -2.16. The molecule has 2 aromatic rings. The summed E-state index contributed by atoms with van der Waals surface area (Å²) in [5.41, 5.74) is 5.83. The van der Waals surface area contributed by atoms with Crippen molar-refractivity contribution >= 4 is 41.8 Å². The van der Waals surface area contributed by atoms with Crippen LogP contribution in [0.25, 0.3) is 11.0 Å². The quantitative estimate of drug-likeness (QED) is 0.759. The predicted octanol–water partition coefficient (Wildman–Crippen LogP) is 0.251. The van der Waals surface area contributed by atoms with Gasteiger partial charge in [0.2, 0.25) is 0 Å². The van der Waals surface area contributed by atoms with Gasteiger partial charge in [0.1, 0.15) is 11.3 Å². The van der Waals surface area contributed by atoms with Crippen LogP contribution in [0.1, 0.15) is 28.9 Å². The van der Waals surface area contributed by atoms with Gasteiger partial charge >= 0.3 is 5.69 Å². The van der Waals surface area contributed by atoms with Gasteiger partial charge in [0.05, 0.1) is 5.39 Å². The van der Waals surface area contributed by atoms with E-state index in [9.17, 15) is 14.4 Å². The van der Waals surface area contributed by atoms with E-state index in [0.717, 1.165) is 17.4 Å². The number of hydrogen-bond acceptors (Lipinski definition) is 5. The van der Waals surface area contributed by atoms with E-state index in [1.807, 2.05) is 0 Å². The van der Waals surface area contributed by atoms with Gasteiger partial charge in [-0.3, -0.25) is 18.7 Å². The molecule has 1 aliphatic rings. The summed E-state index contributed by atoms with van der Waals surface area (Å²) in [7, 11) is 2.96. The Kier molecular flexibility index (Phi) is 6.98. The van der Waals surface area contributed by atoms with Crippen molar-refractivity contribution in [3.63, 3.8) is 0 Å². The molecule has 2 heterocycles. The Morgan fingerprint density at radius 2 is 1.92 bits per heavy atom. The van der Waals surface area contributed by atoms with Crippen LogP contribution in [0.2, 0.25) is 0 Å². The first kappa shape index (κ1) is 22.1. The normalized spacial score (nSPS) is 14.3. The molecule has 0 bridgehead atoms. The Hall–Kier alpha value is -1.90. The summed E-state index contributed by atoms with van der Waals surface area (Å²) in [6.45, 7) is 2.11. The summed E-state index contributed by atoms with van der Waals surface area (Å²) < 4.78 is 2.32. The third kappa shape index (κ3) is 3.77. The van der Waals surface area contributed by atoms with Gasteiger partial charge in [-0.1, -0.05) is 0 Å². The summed E-state index contributed by atoms with van der Waals surface area (Å²) >= 11 is 0. The minimum Gasteiger partial charge on any atom is -0.346 e. The largest absolute Gasteiger partial charge is 0.346 e. The lowest BCUT2D eigenvalue weighted by atomic mass is 10.1. The van der Waals surface area contributed by atoms with Crippen LogP contribution in [0.4, 0.5) is 0 Å². The van der Waals surface area contributed by atoms with Gasteiger partial charge in [0.15, 0.2) is 0 Å². The van der Waals surface area contributed by atoms with E-state index >= 15 is 0 Å². The first-order valence-electron chi connectivity index (χ1n) is 7.93. The number of hydrogen-bond donors (Lipinski definition) is 2. The molecule has 0 aromatic carbocycles. The topological polar surface area (TPSA) is 112 Å². The molecule has 0 radical (unpaired) electrons. The fraction of sp³-hybridized carbons (Fsp3) is 0.500. The zero-order chi connectivity index (χ0) is 17.6. The molecule has 144 valence electrons. The van der Waals surface area contributed by atoms with Crippen LogP contribution in [0, 0.1) is 12.8 Å². The number of carbonyl (C=O) groups excluding carboxylic acids is 1. The van der Waals surface area contributed by atoms with Crippen molar-refractivity contribution in [2.45, 2.75) is 25.8 Å². The molecule has 2 aromatic heterocycles. The van der Waals surface area contributed by atoms with Crippen LogP contribution in [0.5, 0.6) is 0 Å². The van der Waals surface area contributed by atoms with Gasteiger partial charge in [0, 0.05) is 26.7 Å². The van der Waals surface area contributed by atoms with Gasteiger partial charge in [-0.2, -0.15) is 0 Å². The van der Waals surface area contributed by atoms with Crippen LogP contribution in [0.3, 0.4) is 0 Å². The number of aromatic nitrogens is 3. The molecule has 1 aliphatic carbocycles. The summed E-state index contributed by atoms with van der Waals surface area (Å²) in [6.07, 6.45) is 2.13. The number of carbonyl (C=O) groups is 1.